The van der Waals surface area contributed by atoms with Crippen LogP contribution in [0.4, 0.5) is 5.69 Å². The van der Waals surface area contributed by atoms with Crippen molar-refractivity contribution in [3.05, 3.63) is 30.3 Å². The molecule has 0 amide bonds. The molecule has 0 unspecified atom stereocenters. The summed E-state index contributed by atoms with van der Waals surface area (Å²) in [6, 6.07) is 8.49. The molecule has 5 nitrogen and oxygen atoms in total. The maximum Gasteiger partial charge on any atom is 0.229 e. The summed E-state index contributed by atoms with van der Waals surface area (Å²) >= 11 is 1.18. The van der Waals surface area contributed by atoms with Crippen molar-refractivity contribution in [3.63, 3.8) is 0 Å². The molecule has 2 rings (SSSR count). The number of hydrogen-bond acceptors (Lipinski definition) is 5. The van der Waals surface area contributed by atoms with Gasteiger partial charge in [0.25, 0.3) is 0 Å². The molecule has 2 N–H and O–H groups in total. The number of carbonyl (C=O) groups excluding carboxylic acids is 1. The number of Topliss-reactive ketones (excluding diaryl/α,β-unsaturated/α-hetero) is 1. The maximum absolute atomic E-state index is 11.5. The molecule has 2 aromatic carbocycles. The summed E-state index contributed by atoms with van der Waals surface area (Å²) in [5.41, 5.74) is 0.386. The molecule has 7 heteroatoms. The summed E-state index contributed by atoms with van der Waals surface area (Å²) in [6.07, 6.45) is 1.07. The highest BCUT2D eigenvalue weighted by Crippen LogP contribution is 2.40. The topological polar surface area (TPSA) is 83.5 Å². The van der Waals surface area contributed by atoms with Gasteiger partial charge in [-0.05, 0) is 13.0 Å². The lowest BCUT2D eigenvalue weighted by atomic mass is 10.1. The molecule has 0 saturated carbocycles. The van der Waals surface area contributed by atoms with Crippen LogP contribution < -0.4 is 4.72 Å². The Kier molecular flexibility index (Phi) is 4.43. The van der Waals surface area contributed by atoms with Crippen molar-refractivity contribution in [1.29, 1.82) is 0 Å². The van der Waals surface area contributed by atoms with E-state index in [1.807, 2.05) is 0 Å². The summed E-state index contributed by atoms with van der Waals surface area (Å²) in [5, 5.41) is 11.4. The highest BCUT2D eigenvalue weighted by atomic mass is 32.2. The Hall–Kier alpha value is -1.73. The first-order chi connectivity index (χ1) is 9.78. The van der Waals surface area contributed by atoms with E-state index in [0.29, 0.717) is 21.4 Å². The lowest BCUT2D eigenvalue weighted by Crippen LogP contribution is -2.10. The molecule has 0 atom stereocenters. The number of anilines is 1. The first-order valence-electron chi connectivity index (χ1n) is 6.12. The second-order valence-electron chi connectivity index (χ2n) is 4.68. The molecule has 2 aromatic rings. The number of benzene rings is 2. The van der Waals surface area contributed by atoms with E-state index in [0.717, 1.165) is 6.26 Å². The van der Waals surface area contributed by atoms with E-state index in [1.165, 1.54) is 18.7 Å². The summed E-state index contributed by atoms with van der Waals surface area (Å²) < 4.78 is 25.4. The Morgan fingerprint density at radius 2 is 1.90 bits per heavy atom. The molecule has 0 aliphatic heterocycles. The molecule has 0 bridgehead atoms. The molecule has 0 aliphatic carbocycles. The number of hydrogen-bond donors (Lipinski definition) is 2. The van der Waals surface area contributed by atoms with E-state index in [4.69, 9.17) is 0 Å². The summed E-state index contributed by atoms with van der Waals surface area (Å²) in [7, 11) is -3.44. The second-order valence-corrected chi connectivity index (χ2v) is 7.45. The quantitative estimate of drug-likeness (QED) is 0.652. The second kappa shape index (κ2) is 5.95. The number of carbonyl (C=O) groups is 1. The number of rotatable bonds is 5. The molecular weight excluding hydrogens is 310 g/mol. The normalized spacial score (nSPS) is 11.5. The number of aromatic hydroxyl groups is 1. The molecule has 112 valence electrons. The van der Waals surface area contributed by atoms with Crippen LogP contribution in [0.5, 0.6) is 5.75 Å². The number of nitrogens with one attached hydrogen (secondary N) is 1. The van der Waals surface area contributed by atoms with Crippen LogP contribution in [0.2, 0.25) is 0 Å². The van der Waals surface area contributed by atoms with E-state index < -0.39 is 10.0 Å². The molecule has 0 aromatic heterocycles. The summed E-state index contributed by atoms with van der Waals surface area (Å²) in [5.74, 6) is 0.241. The van der Waals surface area contributed by atoms with Gasteiger partial charge in [-0.1, -0.05) is 24.3 Å². The number of sulfonamides is 1. The van der Waals surface area contributed by atoms with Crippen LogP contribution in [0, 0.1) is 0 Å². The fourth-order valence-corrected chi connectivity index (χ4v) is 3.28. The zero-order chi connectivity index (χ0) is 15.6. The smallest absolute Gasteiger partial charge is 0.229 e. The average Bonchev–Trinajstić information content (AvgIpc) is 2.39. The number of fused-ring (bicyclic) bond motifs is 1. The fourth-order valence-electron chi connectivity index (χ4n) is 1.91. The third kappa shape index (κ3) is 3.89. The fraction of sp³-hybridized carbons (Fsp3) is 0.214. The van der Waals surface area contributed by atoms with Gasteiger partial charge in [-0.15, -0.1) is 11.8 Å². The Morgan fingerprint density at radius 3 is 2.48 bits per heavy atom. The zero-order valence-corrected chi connectivity index (χ0v) is 13.2. The number of phenols is 1. The van der Waals surface area contributed by atoms with E-state index >= 15 is 0 Å². The minimum atomic E-state index is -3.44. The lowest BCUT2D eigenvalue weighted by molar-refractivity contribution is -0.114. The SMILES string of the molecule is CC(=O)CSc1cc(NS(C)(=O)=O)c2ccccc2c1O. The minimum Gasteiger partial charge on any atom is -0.506 e. The van der Waals surface area contributed by atoms with Crippen molar-refractivity contribution in [3.8, 4) is 5.75 Å². The first kappa shape index (κ1) is 15.7. The Labute approximate surface area is 127 Å². The molecule has 0 spiro atoms. The van der Waals surface area contributed by atoms with Gasteiger partial charge in [-0.2, -0.15) is 0 Å². The molecule has 21 heavy (non-hydrogen) atoms. The van der Waals surface area contributed by atoms with Crippen LogP contribution in [0.15, 0.2) is 35.2 Å². The number of ketones is 1. The van der Waals surface area contributed by atoms with Crippen LogP contribution in [-0.2, 0) is 14.8 Å². The maximum atomic E-state index is 11.5. The van der Waals surface area contributed by atoms with Crippen LogP contribution >= 0.6 is 11.8 Å². The molecule has 0 aliphatic rings. The van der Waals surface area contributed by atoms with Gasteiger partial charge >= 0.3 is 0 Å². The molecule has 0 saturated heterocycles. The van der Waals surface area contributed by atoms with Crippen LogP contribution in [0.1, 0.15) is 6.92 Å². The average molecular weight is 325 g/mol. The molecule has 0 heterocycles. The first-order valence-corrected chi connectivity index (χ1v) is 9.00. The highest BCUT2D eigenvalue weighted by Gasteiger charge is 2.14. The van der Waals surface area contributed by atoms with Gasteiger partial charge in [0, 0.05) is 10.8 Å². The van der Waals surface area contributed by atoms with Crippen LogP contribution in [0.25, 0.3) is 10.8 Å². The summed E-state index contributed by atoms with van der Waals surface area (Å²) in [6.45, 7) is 1.46. The standard InChI is InChI=1S/C14H15NO4S2/c1-9(16)8-20-13-7-12(15-21(2,18)19)10-5-3-4-6-11(10)14(13)17/h3-7,15,17H,8H2,1-2H3. The van der Waals surface area contributed by atoms with E-state index in [1.54, 1.807) is 30.3 Å². The predicted octanol–water partition coefficient (Wildman–Crippen LogP) is 2.60. The van der Waals surface area contributed by atoms with Crippen molar-refractivity contribution in [2.24, 2.45) is 0 Å². The van der Waals surface area contributed by atoms with Crippen molar-refractivity contribution in [1.82, 2.24) is 0 Å². The third-order valence-electron chi connectivity index (χ3n) is 2.71. The third-order valence-corrected chi connectivity index (χ3v) is 4.47. The number of phenolic OH excluding ortho intramolecular Hbond substituents is 1. The van der Waals surface area contributed by atoms with Crippen molar-refractivity contribution < 1.29 is 18.3 Å². The number of thioether (sulfide) groups is 1. The predicted molar refractivity (Wildman–Crippen MR) is 85.5 cm³/mol. The van der Waals surface area contributed by atoms with Crippen molar-refractivity contribution in [2.45, 2.75) is 11.8 Å². The van der Waals surface area contributed by atoms with Gasteiger partial charge in [0.1, 0.15) is 11.5 Å². The summed E-state index contributed by atoms with van der Waals surface area (Å²) in [4.78, 5) is 11.6. The Balaban J connectivity index is 2.60. The lowest BCUT2D eigenvalue weighted by Gasteiger charge is -2.13. The largest absolute Gasteiger partial charge is 0.506 e. The Bertz CT molecular complexity index is 800. The minimum absolute atomic E-state index is 0.0230. The molecule has 0 radical (unpaired) electrons. The molecular formula is C14H15NO4S2. The van der Waals surface area contributed by atoms with Gasteiger partial charge in [0.05, 0.1) is 22.6 Å². The van der Waals surface area contributed by atoms with Crippen molar-refractivity contribution >= 4 is 44.0 Å². The van der Waals surface area contributed by atoms with Gasteiger partial charge in [-0.3, -0.25) is 9.52 Å². The van der Waals surface area contributed by atoms with Gasteiger partial charge in [0.2, 0.25) is 10.0 Å². The van der Waals surface area contributed by atoms with Crippen LogP contribution in [0.3, 0.4) is 0 Å². The van der Waals surface area contributed by atoms with Crippen LogP contribution in [-0.4, -0.2) is 31.3 Å². The highest BCUT2D eigenvalue weighted by molar-refractivity contribution is 8.00. The van der Waals surface area contributed by atoms with Gasteiger partial charge < -0.3 is 5.11 Å². The van der Waals surface area contributed by atoms with Crippen molar-refractivity contribution in [2.75, 3.05) is 16.7 Å². The van der Waals surface area contributed by atoms with E-state index in [2.05, 4.69) is 4.72 Å². The van der Waals surface area contributed by atoms with Gasteiger partial charge in [-0.25, -0.2) is 8.42 Å². The monoisotopic (exact) mass is 325 g/mol. The Morgan fingerprint density at radius 1 is 1.29 bits per heavy atom. The zero-order valence-electron chi connectivity index (χ0n) is 11.6. The van der Waals surface area contributed by atoms with E-state index in [9.17, 15) is 18.3 Å². The van der Waals surface area contributed by atoms with Gasteiger partial charge in [0.15, 0.2) is 0 Å². The molecule has 0 fully saturated rings. The van der Waals surface area contributed by atoms with E-state index in [-0.39, 0.29) is 17.3 Å².